The highest BCUT2D eigenvalue weighted by Crippen LogP contribution is 2.32. The fourth-order valence-electron chi connectivity index (χ4n) is 3.16. The molecule has 0 radical (unpaired) electrons. The molecule has 0 unspecified atom stereocenters. The smallest absolute Gasteiger partial charge is 0.293 e. The van der Waals surface area contributed by atoms with Gasteiger partial charge >= 0.3 is 0 Å². The zero-order chi connectivity index (χ0) is 19.1. The summed E-state index contributed by atoms with van der Waals surface area (Å²) in [4.78, 5) is 12.4. The summed E-state index contributed by atoms with van der Waals surface area (Å²) in [5, 5.41) is 10.0. The molecular weight excluding hydrogens is 392 g/mol. The molecule has 0 aliphatic carbocycles. The SMILES string of the molecule is Oc1nc2nc(-c3ccc(-c4ccc(SN5CCC5)cc4)cc3)c(Cl)cc2[nH]1. The Morgan fingerprint density at radius 2 is 1.57 bits per heavy atom. The van der Waals surface area contributed by atoms with Crippen LogP contribution in [0.3, 0.4) is 0 Å². The average Bonchev–Trinajstić information content (AvgIpc) is 3.03. The summed E-state index contributed by atoms with van der Waals surface area (Å²) in [7, 11) is 0. The molecule has 2 aromatic carbocycles. The van der Waals surface area contributed by atoms with E-state index in [-0.39, 0.29) is 6.01 Å². The van der Waals surface area contributed by atoms with Crippen LogP contribution >= 0.6 is 23.5 Å². The lowest BCUT2D eigenvalue weighted by molar-refractivity contribution is 0.344. The molecule has 1 aliphatic heterocycles. The minimum absolute atomic E-state index is 0.165. The number of nitrogens with one attached hydrogen (secondary N) is 1. The van der Waals surface area contributed by atoms with Crippen molar-refractivity contribution in [1.82, 2.24) is 19.3 Å². The molecule has 140 valence electrons. The fraction of sp³-hybridized carbons (Fsp3) is 0.143. The van der Waals surface area contributed by atoms with Crippen LogP contribution in [0.15, 0.2) is 59.5 Å². The maximum Gasteiger partial charge on any atom is 0.293 e. The van der Waals surface area contributed by atoms with Gasteiger partial charge in [-0.2, -0.15) is 4.98 Å². The Bertz CT molecular complexity index is 1140. The number of halogens is 1. The largest absolute Gasteiger partial charge is 0.480 e. The number of hydrogen-bond acceptors (Lipinski definition) is 5. The van der Waals surface area contributed by atoms with Crippen molar-refractivity contribution in [2.75, 3.05) is 13.1 Å². The van der Waals surface area contributed by atoms with E-state index in [1.807, 2.05) is 24.1 Å². The maximum absolute atomic E-state index is 9.50. The van der Waals surface area contributed by atoms with Gasteiger partial charge in [0.25, 0.3) is 6.01 Å². The number of aromatic nitrogens is 3. The molecule has 7 heteroatoms. The van der Waals surface area contributed by atoms with Crippen LogP contribution in [-0.4, -0.2) is 37.5 Å². The minimum atomic E-state index is -0.165. The predicted octanol–water partition coefficient (Wildman–Crippen LogP) is 5.36. The first-order valence-electron chi connectivity index (χ1n) is 9.05. The lowest BCUT2D eigenvalue weighted by atomic mass is 10.0. The van der Waals surface area contributed by atoms with Gasteiger partial charge < -0.3 is 10.1 Å². The highest BCUT2D eigenvalue weighted by Gasteiger charge is 2.15. The molecule has 0 spiro atoms. The van der Waals surface area contributed by atoms with E-state index in [1.165, 1.54) is 30.0 Å². The van der Waals surface area contributed by atoms with Gasteiger partial charge in [-0.25, -0.2) is 9.29 Å². The molecule has 3 heterocycles. The van der Waals surface area contributed by atoms with Crippen molar-refractivity contribution in [3.05, 3.63) is 59.6 Å². The predicted molar refractivity (Wildman–Crippen MR) is 113 cm³/mol. The Balaban J connectivity index is 1.40. The number of aromatic hydroxyl groups is 1. The molecule has 1 fully saturated rings. The third kappa shape index (κ3) is 3.35. The monoisotopic (exact) mass is 408 g/mol. The van der Waals surface area contributed by atoms with Crippen LogP contribution in [0.25, 0.3) is 33.5 Å². The molecule has 5 nitrogen and oxygen atoms in total. The first-order valence-corrected chi connectivity index (χ1v) is 10.2. The minimum Gasteiger partial charge on any atom is -0.480 e. The standard InChI is InChI=1S/C21H17ClN4OS/c22-17-12-18-20(25-21(27)23-18)24-19(17)15-4-2-13(3-5-15)14-6-8-16(9-7-14)28-26-10-1-11-26/h2-9,12H,1,10-11H2,(H2,23,24,25,27). The van der Waals surface area contributed by atoms with Crippen LogP contribution in [0.2, 0.25) is 5.02 Å². The van der Waals surface area contributed by atoms with Crippen LogP contribution in [-0.2, 0) is 0 Å². The van der Waals surface area contributed by atoms with Gasteiger partial charge in [0.2, 0.25) is 0 Å². The van der Waals surface area contributed by atoms with E-state index >= 15 is 0 Å². The Kier molecular flexibility index (Phi) is 4.47. The van der Waals surface area contributed by atoms with E-state index < -0.39 is 0 Å². The number of aromatic amines is 1. The van der Waals surface area contributed by atoms with Gasteiger partial charge in [-0.3, -0.25) is 0 Å². The van der Waals surface area contributed by atoms with Crippen LogP contribution in [0.1, 0.15) is 6.42 Å². The summed E-state index contributed by atoms with van der Waals surface area (Å²) in [6.07, 6.45) is 1.30. The Hall–Kier alpha value is -2.54. The van der Waals surface area contributed by atoms with Crippen molar-refractivity contribution in [3.63, 3.8) is 0 Å². The van der Waals surface area contributed by atoms with Crippen molar-refractivity contribution >= 4 is 34.7 Å². The van der Waals surface area contributed by atoms with Crippen molar-refractivity contribution in [2.24, 2.45) is 0 Å². The summed E-state index contributed by atoms with van der Waals surface area (Å²) in [5.41, 5.74) is 4.91. The summed E-state index contributed by atoms with van der Waals surface area (Å²) in [6.45, 7) is 2.35. The molecule has 5 rings (SSSR count). The molecule has 1 aliphatic rings. The number of rotatable bonds is 4. The molecule has 0 saturated carbocycles. The van der Waals surface area contributed by atoms with Crippen LogP contribution in [0, 0.1) is 0 Å². The highest BCUT2D eigenvalue weighted by molar-refractivity contribution is 7.97. The number of nitrogens with zero attached hydrogens (tertiary/aromatic N) is 3. The molecule has 2 aromatic heterocycles. The first-order chi connectivity index (χ1) is 13.7. The van der Waals surface area contributed by atoms with E-state index in [4.69, 9.17) is 11.6 Å². The zero-order valence-electron chi connectivity index (χ0n) is 14.9. The normalized spacial score (nSPS) is 14.3. The van der Waals surface area contributed by atoms with Gasteiger partial charge in [0.05, 0.1) is 16.2 Å². The Morgan fingerprint density at radius 3 is 2.21 bits per heavy atom. The third-order valence-electron chi connectivity index (χ3n) is 4.81. The van der Waals surface area contributed by atoms with Gasteiger partial charge in [0.15, 0.2) is 5.65 Å². The first kappa shape index (κ1) is 17.6. The molecular formula is C21H17ClN4OS. The van der Waals surface area contributed by atoms with Crippen molar-refractivity contribution in [2.45, 2.75) is 11.3 Å². The maximum atomic E-state index is 9.50. The number of pyridine rings is 1. The molecule has 2 N–H and O–H groups in total. The summed E-state index contributed by atoms with van der Waals surface area (Å²) >= 11 is 8.20. The fourth-order valence-corrected chi connectivity index (χ4v) is 4.42. The van der Waals surface area contributed by atoms with E-state index in [0.717, 1.165) is 11.1 Å². The average molecular weight is 409 g/mol. The Labute approximate surface area is 171 Å². The van der Waals surface area contributed by atoms with Gasteiger partial charge in [-0.05, 0) is 47.7 Å². The second-order valence-electron chi connectivity index (χ2n) is 6.73. The topological polar surface area (TPSA) is 65.0 Å². The quantitative estimate of drug-likeness (QED) is 0.445. The lowest BCUT2D eigenvalue weighted by Gasteiger charge is -2.29. The molecule has 0 atom stereocenters. The van der Waals surface area contributed by atoms with Crippen LogP contribution in [0.5, 0.6) is 6.01 Å². The number of fused-ring (bicyclic) bond motifs is 1. The zero-order valence-corrected chi connectivity index (χ0v) is 16.5. The second kappa shape index (κ2) is 7.13. The molecule has 28 heavy (non-hydrogen) atoms. The molecule has 4 aromatic rings. The summed E-state index contributed by atoms with van der Waals surface area (Å²) < 4.78 is 2.37. The molecule has 0 amide bonds. The van der Waals surface area contributed by atoms with E-state index in [2.05, 4.69) is 55.7 Å². The van der Waals surface area contributed by atoms with Gasteiger partial charge in [0.1, 0.15) is 0 Å². The van der Waals surface area contributed by atoms with Crippen LogP contribution in [0.4, 0.5) is 0 Å². The number of hydrogen-bond donors (Lipinski definition) is 2. The third-order valence-corrected chi connectivity index (χ3v) is 6.20. The van der Waals surface area contributed by atoms with Crippen LogP contribution < -0.4 is 0 Å². The van der Waals surface area contributed by atoms with Gasteiger partial charge in [0, 0.05) is 23.5 Å². The highest BCUT2D eigenvalue weighted by atomic mass is 35.5. The second-order valence-corrected chi connectivity index (χ2v) is 8.30. The van der Waals surface area contributed by atoms with E-state index in [1.54, 1.807) is 6.07 Å². The molecule has 1 saturated heterocycles. The van der Waals surface area contributed by atoms with E-state index in [9.17, 15) is 5.11 Å². The van der Waals surface area contributed by atoms with Crippen molar-refractivity contribution in [3.8, 4) is 28.4 Å². The van der Waals surface area contributed by atoms with Gasteiger partial charge in [-0.15, -0.1) is 0 Å². The number of benzene rings is 2. The van der Waals surface area contributed by atoms with Crippen molar-refractivity contribution in [1.29, 1.82) is 0 Å². The summed E-state index contributed by atoms with van der Waals surface area (Å²) in [5.74, 6) is 0. The molecule has 0 bridgehead atoms. The number of imidazole rings is 1. The van der Waals surface area contributed by atoms with Crippen molar-refractivity contribution < 1.29 is 5.11 Å². The number of H-pyrrole nitrogens is 1. The van der Waals surface area contributed by atoms with E-state index in [0.29, 0.717) is 21.9 Å². The Morgan fingerprint density at radius 1 is 0.929 bits per heavy atom. The summed E-state index contributed by atoms with van der Waals surface area (Å²) in [6, 6.07) is 18.4. The van der Waals surface area contributed by atoms with Gasteiger partial charge in [-0.1, -0.05) is 48.0 Å². The lowest BCUT2D eigenvalue weighted by Crippen LogP contribution is -2.30.